The van der Waals surface area contributed by atoms with Crippen molar-refractivity contribution in [1.82, 2.24) is 4.57 Å². The first kappa shape index (κ1) is 21.9. The van der Waals surface area contributed by atoms with Gasteiger partial charge in [-0.3, -0.25) is 9.59 Å². The van der Waals surface area contributed by atoms with Gasteiger partial charge in [0.2, 0.25) is 10.0 Å². The number of fused-ring (bicyclic) bond motifs is 1. The van der Waals surface area contributed by atoms with Gasteiger partial charge in [-0.15, -0.1) is 0 Å². The lowest BCUT2D eigenvalue weighted by molar-refractivity contribution is -0.143. The maximum atomic E-state index is 12.8. The van der Waals surface area contributed by atoms with Crippen molar-refractivity contribution in [3.05, 3.63) is 57.9 Å². The molecule has 1 aromatic heterocycles. The van der Waals surface area contributed by atoms with Crippen LogP contribution in [0.2, 0.25) is 0 Å². The highest BCUT2D eigenvalue weighted by molar-refractivity contribution is 7.89. The second-order valence-electron chi connectivity index (χ2n) is 6.74. The standard InChI is InChI=1S/C20H21N3O5S2/c1-4-28-18(24)11-23-16-6-5-15(30(21,26)27)10-17(16)29-20(23)22-19(25)14-8-12(2)7-13(3)9-14/h5-10H,4,11H2,1-3H3,(H2,21,26,27). The van der Waals surface area contributed by atoms with E-state index >= 15 is 0 Å². The monoisotopic (exact) mass is 447 g/mol. The largest absolute Gasteiger partial charge is 0.465 e. The molecule has 10 heteroatoms. The number of primary sulfonamides is 1. The van der Waals surface area contributed by atoms with Gasteiger partial charge in [0.25, 0.3) is 5.91 Å². The third kappa shape index (κ3) is 4.84. The fraction of sp³-hybridized carbons (Fsp3) is 0.250. The number of hydrogen-bond acceptors (Lipinski definition) is 6. The Bertz CT molecular complexity index is 1300. The topological polar surface area (TPSA) is 121 Å². The first-order chi connectivity index (χ1) is 14.1. The summed E-state index contributed by atoms with van der Waals surface area (Å²) in [6.07, 6.45) is 0. The van der Waals surface area contributed by atoms with E-state index in [0.717, 1.165) is 22.5 Å². The maximum Gasteiger partial charge on any atom is 0.326 e. The second kappa shape index (κ2) is 8.50. The van der Waals surface area contributed by atoms with Crippen LogP contribution in [0.3, 0.4) is 0 Å². The number of thiazole rings is 1. The van der Waals surface area contributed by atoms with Gasteiger partial charge in [0, 0.05) is 5.56 Å². The molecule has 0 atom stereocenters. The Labute approximate surface area is 177 Å². The van der Waals surface area contributed by atoms with Crippen molar-refractivity contribution in [2.45, 2.75) is 32.2 Å². The summed E-state index contributed by atoms with van der Waals surface area (Å²) in [5, 5.41) is 5.22. The quantitative estimate of drug-likeness (QED) is 0.602. The van der Waals surface area contributed by atoms with Crippen molar-refractivity contribution in [3.63, 3.8) is 0 Å². The second-order valence-corrected chi connectivity index (χ2v) is 9.31. The molecule has 0 radical (unpaired) electrons. The highest BCUT2D eigenvalue weighted by atomic mass is 32.2. The molecule has 0 aliphatic carbocycles. The molecule has 0 aliphatic heterocycles. The molecular formula is C20H21N3O5S2. The minimum absolute atomic E-state index is 0.0632. The molecular weight excluding hydrogens is 426 g/mol. The molecule has 0 unspecified atom stereocenters. The first-order valence-electron chi connectivity index (χ1n) is 9.07. The Kier molecular flexibility index (Phi) is 6.20. The summed E-state index contributed by atoms with van der Waals surface area (Å²) in [6, 6.07) is 9.71. The summed E-state index contributed by atoms with van der Waals surface area (Å²) in [6.45, 7) is 5.52. The van der Waals surface area contributed by atoms with E-state index < -0.39 is 21.9 Å². The van der Waals surface area contributed by atoms with Crippen LogP contribution in [0.25, 0.3) is 10.2 Å². The predicted octanol–water partition coefficient (Wildman–Crippen LogP) is 2.27. The molecule has 8 nitrogen and oxygen atoms in total. The van der Waals surface area contributed by atoms with Crippen molar-refractivity contribution >= 4 is 43.5 Å². The maximum absolute atomic E-state index is 12.8. The van der Waals surface area contributed by atoms with Gasteiger partial charge in [0.1, 0.15) is 6.54 Å². The van der Waals surface area contributed by atoms with E-state index in [4.69, 9.17) is 9.88 Å². The predicted molar refractivity (Wildman–Crippen MR) is 114 cm³/mol. The number of aryl methyl sites for hydroxylation is 2. The summed E-state index contributed by atoms with van der Waals surface area (Å²) in [5.41, 5.74) is 2.84. The molecule has 2 aromatic carbocycles. The van der Waals surface area contributed by atoms with Gasteiger partial charge < -0.3 is 9.30 Å². The number of carbonyl (C=O) groups excluding carboxylic acids is 2. The smallest absolute Gasteiger partial charge is 0.326 e. The Morgan fingerprint density at radius 3 is 2.40 bits per heavy atom. The van der Waals surface area contributed by atoms with E-state index in [9.17, 15) is 18.0 Å². The Morgan fingerprint density at radius 1 is 1.13 bits per heavy atom. The minimum Gasteiger partial charge on any atom is -0.465 e. The molecule has 0 bridgehead atoms. The van der Waals surface area contributed by atoms with Crippen molar-refractivity contribution in [3.8, 4) is 0 Å². The van der Waals surface area contributed by atoms with Crippen LogP contribution in [0.15, 0.2) is 46.3 Å². The molecule has 3 rings (SSSR count). The summed E-state index contributed by atoms with van der Waals surface area (Å²) in [4.78, 5) is 29.3. The first-order valence-corrected chi connectivity index (χ1v) is 11.4. The van der Waals surface area contributed by atoms with Crippen LogP contribution in [0.5, 0.6) is 0 Å². The number of aromatic nitrogens is 1. The average molecular weight is 448 g/mol. The third-order valence-corrected chi connectivity index (χ3v) is 6.19. The Morgan fingerprint density at radius 2 is 1.80 bits per heavy atom. The van der Waals surface area contributed by atoms with Gasteiger partial charge in [0.05, 0.1) is 21.7 Å². The number of amides is 1. The summed E-state index contributed by atoms with van der Waals surface area (Å²) in [5.74, 6) is -0.953. The number of carbonyl (C=O) groups is 2. The summed E-state index contributed by atoms with van der Waals surface area (Å²) in [7, 11) is -3.90. The summed E-state index contributed by atoms with van der Waals surface area (Å²) < 4.78 is 30.4. The van der Waals surface area contributed by atoms with E-state index in [1.165, 1.54) is 22.8 Å². The average Bonchev–Trinajstić information content (AvgIpc) is 2.96. The number of nitrogens with zero attached hydrogens (tertiary/aromatic N) is 2. The molecule has 158 valence electrons. The van der Waals surface area contributed by atoms with E-state index in [2.05, 4.69) is 4.99 Å². The number of esters is 1. The normalized spacial score (nSPS) is 12.3. The third-order valence-electron chi connectivity index (χ3n) is 4.24. The summed E-state index contributed by atoms with van der Waals surface area (Å²) >= 11 is 1.09. The highest BCUT2D eigenvalue weighted by Crippen LogP contribution is 2.21. The zero-order valence-electron chi connectivity index (χ0n) is 16.7. The van der Waals surface area contributed by atoms with Crippen LogP contribution in [-0.2, 0) is 26.1 Å². The Balaban J connectivity index is 2.18. The molecule has 0 spiro atoms. The van der Waals surface area contributed by atoms with Crippen molar-refractivity contribution < 1.29 is 22.7 Å². The van der Waals surface area contributed by atoms with Crippen LogP contribution < -0.4 is 9.94 Å². The van der Waals surface area contributed by atoms with Crippen LogP contribution >= 0.6 is 11.3 Å². The fourth-order valence-corrected chi connectivity index (χ4v) is 4.74. The lowest BCUT2D eigenvalue weighted by Gasteiger charge is -2.06. The molecule has 3 aromatic rings. The lowest BCUT2D eigenvalue weighted by Crippen LogP contribution is -2.23. The number of hydrogen-bond donors (Lipinski definition) is 1. The van der Waals surface area contributed by atoms with Gasteiger partial charge in [-0.05, 0) is 51.1 Å². The molecule has 2 N–H and O–H groups in total. The molecule has 0 fully saturated rings. The van der Waals surface area contributed by atoms with Gasteiger partial charge in [-0.25, -0.2) is 13.6 Å². The molecule has 0 saturated heterocycles. The fourth-order valence-electron chi connectivity index (χ4n) is 3.05. The molecule has 0 saturated carbocycles. The number of sulfonamides is 1. The van der Waals surface area contributed by atoms with Crippen LogP contribution in [0, 0.1) is 13.8 Å². The molecule has 1 heterocycles. The van der Waals surface area contributed by atoms with E-state index in [-0.39, 0.29) is 22.8 Å². The van der Waals surface area contributed by atoms with E-state index in [1.54, 1.807) is 19.1 Å². The highest BCUT2D eigenvalue weighted by Gasteiger charge is 2.16. The SMILES string of the molecule is CCOC(=O)Cn1c(=NC(=O)c2cc(C)cc(C)c2)sc2cc(S(N)(=O)=O)ccc21. The lowest BCUT2D eigenvalue weighted by atomic mass is 10.1. The van der Waals surface area contributed by atoms with Crippen LogP contribution in [0.4, 0.5) is 0 Å². The van der Waals surface area contributed by atoms with Crippen LogP contribution in [-0.4, -0.2) is 31.5 Å². The van der Waals surface area contributed by atoms with Gasteiger partial charge in [-0.2, -0.15) is 4.99 Å². The zero-order chi connectivity index (χ0) is 22.1. The number of ether oxygens (including phenoxy) is 1. The zero-order valence-corrected chi connectivity index (χ0v) is 18.3. The number of rotatable bonds is 5. The number of benzene rings is 2. The van der Waals surface area contributed by atoms with Crippen molar-refractivity contribution in [2.75, 3.05) is 6.61 Å². The Hall–Kier alpha value is -2.82. The minimum atomic E-state index is -3.90. The molecule has 1 amide bonds. The molecule has 30 heavy (non-hydrogen) atoms. The van der Waals surface area contributed by atoms with E-state index in [0.29, 0.717) is 15.8 Å². The van der Waals surface area contributed by atoms with Crippen LogP contribution in [0.1, 0.15) is 28.4 Å². The van der Waals surface area contributed by atoms with Crippen molar-refractivity contribution in [1.29, 1.82) is 0 Å². The van der Waals surface area contributed by atoms with Crippen molar-refractivity contribution in [2.24, 2.45) is 10.1 Å². The van der Waals surface area contributed by atoms with Gasteiger partial charge in [0.15, 0.2) is 4.80 Å². The number of nitrogens with two attached hydrogens (primary N) is 1. The van der Waals surface area contributed by atoms with Gasteiger partial charge >= 0.3 is 5.97 Å². The van der Waals surface area contributed by atoms with E-state index in [1.807, 2.05) is 19.9 Å². The molecule has 0 aliphatic rings. The van der Waals surface area contributed by atoms with Gasteiger partial charge in [-0.1, -0.05) is 28.5 Å².